The number of carbonyl (C=O) groups is 1. The molecule has 0 N–H and O–H groups in total. The Morgan fingerprint density at radius 3 is 2.42 bits per heavy atom. The fourth-order valence-electron chi connectivity index (χ4n) is 3.53. The third kappa shape index (κ3) is 4.97. The topological polar surface area (TPSA) is 58.6 Å². The molecule has 4 rings (SSSR count). The van der Waals surface area contributed by atoms with Crippen molar-refractivity contribution in [2.45, 2.75) is 13.8 Å². The van der Waals surface area contributed by atoms with Crippen LogP contribution in [-0.2, 0) is 4.79 Å². The first kappa shape index (κ1) is 21.1. The van der Waals surface area contributed by atoms with E-state index in [-0.39, 0.29) is 12.5 Å². The lowest BCUT2D eigenvalue weighted by molar-refractivity contribution is -0.133. The van der Waals surface area contributed by atoms with Crippen LogP contribution in [0, 0.1) is 13.8 Å². The highest BCUT2D eigenvalue weighted by Crippen LogP contribution is 2.24. The first-order valence-electron chi connectivity index (χ1n) is 10.3. The zero-order valence-electron chi connectivity index (χ0n) is 17.7. The van der Waals surface area contributed by atoms with Crippen LogP contribution < -0.4 is 9.64 Å². The summed E-state index contributed by atoms with van der Waals surface area (Å²) in [5.41, 5.74) is 4.43. The van der Waals surface area contributed by atoms with Crippen LogP contribution in [0.5, 0.6) is 5.75 Å². The number of amides is 1. The number of benzene rings is 2. The van der Waals surface area contributed by atoms with Crippen LogP contribution in [0.1, 0.15) is 11.1 Å². The molecule has 7 heteroatoms. The van der Waals surface area contributed by atoms with Gasteiger partial charge in [0.2, 0.25) is 0 Å². The fourth-order valence-corrected chi connectivity index (χ4v) is 3.72. The second-order valence-electron chi connectivity index (χ2n) is 7.66. The van der Waals surface area contributed by atoms with E-state index in [0.29, 0.717) is 37.0 Å². The number of halogens is 1. The summed E-state index contributed by atoms with van der Waals surface area (Å²) in [6.45, 7) is 6.82. The van der Waals surface area contributed by atoms with Crippen molar-refractivity contribution >= 4 is 23.3 Å². The Morgan fingerprint density at radius 1 is 0.968 bits per heavy atom. The Hall–Kier alpha value is -3.12. The number of para-hydroxylation sites is 1. The Kier molecular flexibility index (Phi) is 6.37. The van der Waals surface area contributed by atoms with E-state index >= 15 is 0 Å². The molecule has 1 saturated heterocycles. The number of hydrogen-bond donors (Lipinski definition) is 0. The van der Waals surface area contributed by atoms with Crippen molar-refractivity contribution in [3.8, 4) is 17.0 Å². The summed E-state index contributed by atoms with van der Waals surface area (Å²) in [6, 6.07) is 17.5. The third-order valence-electron chi connectivity index (χ3n) is 5.60. The van der Waals surface area contributed by atoms with Crippen LogP contribution in [0.25, 0.3) is 11.3 Å². The average molecular weight is 437 g/mol. The molecule has 1 amide bonds. The van der Waals surface area contributed by atoms with Crippen molar-refractivity contribution < 1.29 is 9.53 Å². The van der Waals surface area contributed by atoms with Gasteiger partial charge in [0.25, 0.3) is 5.91 Å². The van der Waals surface area contributed by atoms with Crippen LogP contribution >= 0.6 is 11.6 Å². The maximum Gasteiger partial charge on any atom is 0.260 e. The van der Waals surface area contributed by atoms with E-state index < -0.39 is 0 Å². The molecule has 0 aliphatic carbocycles. The van der Waals surface area contributed by atoms with Crippen molar-refractivity contribution in [1.29, 1.82) is 0 Å². The highest BCUT2D eigenvalue weighted by molar-refractivity contribution is 6.32. The monoisotopic (exact) mass is 436 g/mol. The van der Waals surface area contributed by atoms with Crippen molar-refractivity contribution in [2.24, 2.45) is 0 Å². The number of aromatic nitrogens is 2. The van der Waals surface area contributed by atoms with Gasteiger partial charge in [-0.3, -0.25) is 4.79 Å². The van der Waals surface area contributed by atoms with Gasteiger partial charge in [0.1, 0.15) is 5.75 Å². The first-order valence-corrected chi connectivity index (χ1v) is 10.7. The molecule has 0 spiro atoms. The summed E-state index contributed by atoms with van der Waals surface area (Å²) in [5.74, 6) is 1.30. The molecule has 1 aliphatic rings. The lowest BCUT2D eigenvalue weighted by Crippen LogP contribution is -2.50. The van der Waals surface area contributed by atoms with Crippen LogP contribution in [0.4, 0.5) is 5.82 Å². The molecular formula is C24H25ClN4O2. The number of aryl methyl sites for hydroxylation is 2. The highest BCUT2D eigenvalue weighted by Gasteiger charge is 2.22. The minimum atomic E-state index is -0.0456. The van der Waals surface area contributed by atoms with Gasteiger partial charge >= 0.3 is 0 Å². The molecule has 2 heterocycles. The number of rotatable bonds is 5. The van der Waals surface area contributed by atoms with Gasteiger partial charge in [0.15, 0.2) is 12.4 Å². The SMILES string of the molecule is Cc1ccc(-c2ccc(N3CCN(C(=O)COc4ccccc4Cl)CC3)nn2)cc1C. The standard InChI is InChI=1S/C24H25ClN4O2/c1-17-7-8-19(15-18(17)2)21-9-10-23(27-26-21)28-11-13-29(14-12-28)24(30)16-31-22-6-4-3-5-20(22)25/h3-10,15H,11-14,16H2,1-2H3. The predicted octanol–water partition coefficient (Wildman–Crippen LogP) is 4.14. The highest BCUT2D eigenvalue weighted by atomic mass is 35.5. The number of nitrogens with zero attached hydrogens (tertiary/aromatic N) is 4. The Bertz CT molecular complexity index is 1060. The molecule has 0 unspecified atom stereocenters. The van der Waals surface area contributed by atoms with E-state index in [1.165, 1.54) is 11.1 Å². The molecule has 0 radical (unpaired) electrons. The molecule has 0 bridgehead atoms. The minimum Gasteiger partial charge on any atom is -0.482 e. The van der Waals surface area contributed by atoms with Crippen molar-refractivity contribution in [3.05, 3.63) is 70.7 Å². The molecule has 31 heavy (non-hydrogen) atoms. The van der Waals surface area contributed by atoms with Crippen LogP contribution in [0.2, 0.25) is 5.02 Å². The molecule has 2 aromatic carbocycles. The Labute approximate surface area is 187 Å². The lowest BCUT2D eigenvalue weighted by Gasteiger charge is -2.35. The van der Waals surface area contributed by atoms with Gasteiger partial charge in [-0.05, 0) is 55.3 Å². The average Bonchev–Trinajstić information content (AvgIpc) is 2.80. The molecule has 1 aliphatic heterocycles. The van der Waals surface area contributed by atoms with Gasteiger partial charge in [-0.25, -0.2) is 0 Å². The molecule has 1 aromatic heterocycles. The lowest BCUT2D eigenvalue weighted by atomic mass is 10.0. The largest absolute Gasteiger partial charge is 0.482 e. The predicted molar refractivity (Wildman–Crippen MR) is 123 cm³/mol. The summed E-state index contributed by atoms with van der Waals surface area (Å²) in [7, 11) is 0. The van der Waals surface area contributed by atoms with E-state index in [4.69, 9.17) is 16.3 Å². The quantitative estimate of drug-likeness (QED) is 0.601. The van der Waals surface area contributed by atoms with Gasteiger partial charge in [-0.2, -0.15) is 0 Å². The van der Waals surface area contributed by atoms with Gasteiger partial charge in [-0.15, -0.1) is 10.2 Å². The van der Waals surface area contributed by atoms with Crippen LogP contribution in [0.3, 0.4) is 0 Å². The van der Waals surface area contributed by atoms with E-state index in [2.05, 4.69) is 47.1 Å². The normalized spacial score (nSPS) is 13.9. The molecule has 3 aromatic rings. The molecule has 0 atom stereocenters. The van der Waals surface area contributed by atoms with Crippen molar-refractivity contribution in [2.75, 3.05) is 37.7 Å². The second kappa shape index (κ2) is 9.35. The molecule has 6 nitrogen and oxygen atoms in total. The molecule has 0 saturated carbocycles. The number of anilines is 1. The zero-order chi connectivity index (χ0) is 21.8. The number of piperazine rings is 1. The molecular weight excluding hydrogens is 412 g/mol. The van der Waals surface area contributed by atoms with E-state index in [1.807, 2.05) is 29.2 Å². The van der Waals surface area contributed by atoms with E-state index in [1.54, 1.807) is 12.1 Å². The van der Waals surface area contributed by atoms with E-state index in [0.717, 1.165) is 17.1 Å². The number of carbonyl (C=O) groups excluding carboxylic acids is 1. The van der Waals surface area contributed by atoms with Crippen molar-refractivity contribution in [1.82, 2.24) is 15.1 Å². The maximum absolute atomic E-state index is 12.5. The third-order valence-corrected chi connectivity index (χ3v) is 5.91. The summed E-state index contributed by atoms with van der Waals surface area (Å²) in [4.78, 5) is 16.4. The van der Waals surface area contributed by atoms with Gasteiger partial charge in [0, 0.05) is 31.7 Å². The summed E-state index contributed by atoms with van der Waals surface area (Å²) in [5, 5.41) is 9.34. The van der Waals surface area contributed by atoms with Crippen LogP contribution in [0.15, 0.2) is 54.6 Å². The van der Waals surface area contributed by atoms with Gasteiger partial charge < -0.3 is 14.5 Å². The summed E-state index contributed by atoms with van der Waals surface area (Å²) >= 11 is 6.08. The zero-order valence-corrected chi connectivity index (χ0v) is 18.5. The minimum absolute atomic E-state index is 0.0196. The maximum atomic E-state index is 12.5. The van der Waals surface area contributed by atoms with Crippen molar-refractivity contribution in [3.63, 3.8) is 0 Å². The molecule has 1 fully saturated rings. The Morgan fingerprint density at radius 2 is 1.74 bits per heavy atom. The second-order valence-corrected chi connectivity index (χ2v) is 8.07. The summed E-state index contributed by atoms with van der Waals surface area (Å²) in [6.07, 6.45) is 0. The molecule has 160 valence electrons. The summed E-state index contributed by atoms with van der Waals surface area (Å²) < 4.78 is 5.58. The first-order chi connectivity index (χ1) is 15.0. The number of ether oxygens (including phenoxy) is 1. The fraction of sp³-hybridized carbons (Fsp3) is 0.292. The smallest absolute Gasteiger partial charge is 0.260 e. The van der Waals surface area contributed by atoms with Gasteiger partial charge in [-0.1, -0.05) is 35.9 Å². The van der Waals surface area contributed by atoms with E-state index in [9.17, 15) is 4.79 Å². The number of hydrogen-bond acceptors (Lipinski definition) is 5. The van der Waals surface area contributed by atoms with Crippen LogP contribution in [-0.4, -0.2) is 53.8 Å². The Balaban J connectivity index is 1.31. The van der Waals surface area contributed by atoms with Gasteiger partial charge in [0.05, 0.1) is 10.7 Å².